The van der Waals surface area contributed by atoms with Crippen LogP contribution in [-0.2, 0) is 23.8 Å². The number of hydrogen-bond acceptors (Lipinski definition) is 7. The number of ether oxygens (including phenoxy) is 3. The van der Waals surface area contributed by atoms with Crippen LogP contribution in [0.4, 0.5) is 5.69 Å². The number of hydrogen-bond donors (Lipinski definition) is 1. The number of anilines is 1. The molecule has 2 aromatic carbocycles. The van der Waals surface area contributed by atoms with E-state index in [-0.39, 0.29) is 13.2 Å². The molecule has 0 aliphatic heterocycles. The van der Waals surface area contributed by atoms with Crippen molar-refractivity contribution in [3.8, 4) is 0 Å². The molecule has 154 valence electrons. The highest BCUT2D eigenvalue weighted by atomic mass is 16.6. The van der Waals surface area contributed by atoms with Crippen molar-refractivity contribution in [2.45, 2.75) is 19.9 Å². The smallest absolute Gasteiger partial charge is 0.337 e. The van der Waals surface area contributed by atoms with Crippen molar-refractivity contribution in [1.29, 1.82) is 0 Å². The molecule has 0 aliphatic rings. The first-order chi connectivity index (χ1) is 14.0. The van der Waals surface area contributed by atoms with Crippen LogP contribution in [0.3, 0.4) is 0 Å². The molecule has 0 fully saturated rings. The Morgan fingerprint density at radius 1 is 0.862 bits per heavy atom. The van der Waals surface area contributed by atoms with Crippen LogP contribution in [0.25, 0.3) is 0 Å². The number of benzene rings is 2. The van der Waals surface area contributed by atoms with Gasteiger partial charge in [0.25, 0.3) is 0 Å². The predicted octanol–water partition coefficient (Wildman–Crippen LogP) is 3.37. The van der Waals surface area contributed by atoms with Crippen molar-refractivity contribution in [3.05, 3.63) is 65.7 Å². The first kappa shape index (κ1) is 21.9. The molecule has 0 saturated carbocycles. The Hall–Kier alpha value is -3.35. The summed E-state index contributed by atoms with van der Waals surface area (Å²) >= 11 is 0. The van der Waals surface area contributed by atoms with Gasteiger partial charge in [0.1, 0.15) is 0 Å². The highest BCUT2D eigenvalue weighted by Crippen LogP contribution is 2.29. The Balaban J connectivity index is 2.47. The zero-order valence-corrected chi connectivity index (χ0v) is 16.7. The molecule has 2 aromatic rings. The minimum absolute atomic E-state index is 0.133. The van der Waals surface area contributed by atoms with Crippen molar-refractivity contribution in [2.75, 3.05) is 25.6 Å². The van der Waals surface area contributed by atoms with Gasteiger partial charge >= 0.3 is 17.9 Å². The standard InChI is InChI=1S/C22H25NO6/c1-4-28-21(25)18(22(26)29-5-2)19(23-17-9-7-6-8-10-17)15-11-13-16(14-12-15)20(24)27-3/h6-14,18-19,23H,4-5H2,1-3H3. The Bertz CT molecular complexity index is 801. The summed E-state index contributed by atoms with van der Waals surface area (Å²) in [7, 11) is 1.30. The maximum atomic E-state index is 12.6. The van der Waals surface area contributed by atoms with Crippen LogP contribution < -0.4 is 5.32 Å². The molecule has 7 nitrogen and oxygen atoms in total. The summed E-state index contributed by atoms with van der Waals surface area (Å²) in [4.78, 5) is 37.0. The first-order valence-corrected chi connectivity index (χ1v) is 9.34. The second kappa shape index (κ2) is 10.8. The summed E-state index contributed by atoms with van der Waals surface area (Å²) in [5, 5.41) is 3.22. The number of rotatable bonds is 9. The van der Waals surface area contributed by atoms with Gasteiger partial charge in [-0.15, -0.1) is 0 Å². The summed E-state index contributed by atoms with van der Waals surface area (Å²) in [5.74, 6) is -3.07. The quantitative estimate of drug-likeness (QED) is 0.393. The highest BCUT2D eigenvalue weighted by Gasteiger charge is 2.38. The Morgan fingerprint density at radius 2 is 1.41 bits per heavy atom. The molecule has 0 amide bonds. The van der Waals surface area contributed by atoms with Crippen molar-refractivity contribution in [3.63, 3.8) is 0 Å². The molecule has 1 N–H and O–H groups in total. The molecule has 0 aromatic heterocycles. The van der Waals surface area contributed by atoms with Crippen LogP contribution in [0.15, 0.2) is 54.6 Å². The molecule has 0 radical (unpaired) electrons. The summed E-state index contributed by atoms with van der Waals surface area (Å²) in [5.41, 5.74) is 1.69. The molecular weight excluding hydrogens is 374 g/mol. The van der Waals surface area contributed by atoms with Crippen molar-refractivity contribution < 1.29 is 28.6 Å². The SMILES string of the molecule is CCOC(=O)C(C(=O)OCC)C(Nc1ccccc1)c1ccc(C(=O)OC)cc1. The van der Waals surface area contributed by atoms with Gasteiger partial charge in [-0.3, -0.25) is 9.59 Å². The maximum Gasteiger partial charge on any atom is 0.337 e. The van der Waals surface area contributed by atoms with E-state index in [1.54, 1.807) is 38.1 Å². The summed E-state index contributed by atoms with van der Waals surface area (Å²) < 4.78 is 15.0. The number of nitrogens with one attached hydrogen (secondary N) is 1. The molecule has 0 aliphatic carbocycles. The third-order valence-electron chi connectivity index (χ3n) is 4.20. The van der Waals surface area contributed by atoms with Gasteiger partial charge in [0.2, 0.25) is 0 Å². The fourth-order valence-corrected chi connectivity index (χ4v) is 2.85. The van der Waals surface area contributed by atoms with E-state index in [1.807, 2.05) is 30.3 Å². The third-order valence-corrected chi connectivity index (χ3v) is 4.20. The van der Waals surface area contributed by atoms with Gasteiger partial charge in [0, 0.05) is 5.69 Å². The fourth-order valence-electron chi connectivity index (χ4n) is 2.85. The Morgan fingerprint density at radius 3 is 1.90 bits per heavy atom. The van der Waals surface area contributed by atoms with Crippen LogP contribution in [0.1, 0.15) is 35.8 Å². The van der Waals surface area contributed by atoms with Crippen LogP contribution in [0.2, 0.25) is 0 Å². The normalized spacial score (nSPS) is 11.4. The van der Waals surface area contributed by atoms with Crippen molar-refractivity contribution in [1.82, 2.24) is 0 Å². The van der Waals surface area contributed by atoms with Crippen LogP contribution >= 0.6 is 0 Å². The molecule has 0 bridgehead atoms. The monoisotopic (exact) mass is 399 g/mol. The van der Waals surface area contributed by atoms with E-state index in [1.165, 1.54) is 7.11 Å². The molecule has 0 spiro atoms. The van der Waals surface area contributed by atoms with Crippen LogP contribution in [0.5, 0.6) is 0 Å². The average molecular weight is 399 g/mol. The molecule has 29 heavy (non-hydrogen) atoms. The lowest BCUT2D eigenvalue weighted by molar-refractivity contribution is -0.162. The number of carbonyl (C=O) groups is 3. The molecule has 2 rings (SSSR count). The Labute approximate surface area is 170 Å². The van der Waals surface area contributed by atoms with Gasteiger partial charge in [-0.25, -0.2) is 4.79 Å². The van der Waals surface area contributed by atoms with E-state index in [2.05, 4.69) is 5.32 Å². The number of carbonyl (C=O) groups excluding carboxylic acids is 3. The largest absolute Gasteiger partial charge is 0.465 e. The second-order valence-electron chi connectivity index (χ2n) is 6.08. The lowest BCUT2D eigenvalue weighted by Gasteiger charge is -2.26. The van der Waals surface area contributed by atoms with E-state index in [4.69, 9.17) is 14.2 Å². The predicted molar refractivity (Wildman–Crippen MR) is 107 cm³/mol. The summed E-state index contributed by atoms with van der Waals surface area (Å²) in [6, 6.07) is 14.9. The van der Waals surface area contributed by atoms with Gasteiger partial charge < -0.3 is 19.5 Å². The molecule has 0 saturated heterocycles. The molecule has 1 unspecified atom stereocenters. The lowest BCUT2D eigenvalue weighted by atomic mass is 9.91. The average Bonchev–Trinajstić information content (AvgIpc) is 2.74. The van der Waals surface area contributed by atoms with E-state index >= 15 is 0 Å². The van der Waals surface area contributed by atoms with E-state index < -0.39 is 29.9 Å². The molecule has 0 heterocycles. The third kappa shape index (κ3) is 5.81. The lowest BCUT2D eigenvalue weighted by Crippen LogP contribution is -2.36. The molecule has 7 heteroatoms. The number of para-hydroxylation sites is 1. The van der Waals surface area contributed by atoms with Crippen LogP contribution in [0, 0.1) is 5.92 Å². The number of methoxy groups -OCH3 is 1. The van der Waals surface area contributed by atoms with Gasteiger partial charge in [-0.2, -0.15) is 0 Å². The zero-order valence-electron chi connectivity index (χ0n) is 16.7. The van der Waals surface area contributed by atoms with E-state index in [0.717, 1.165) is 0 Å². The fraction of sp³-hybridized carbons (Fsp3) is 0.318. The molecule has 1 atom stereocenters. The topological polar surface area (TPSA) is 90.9 Å². The second-order valence-corrected chi connectivity index (χ2v) is 6.08. The highest BCUT2D eigenvalue weighted by molar-refractivity contribution is 5.96. The van der Waals surface area contributed by atoms with Gasteiger partial charge in [0.05, 0.1) is 31.9 Å². The van der Waals surface area contributed by atoms with Crippen LogP contribution in [-0.4, -0.2) is 38.2 Å². The Kier molecular flexibility index (Phi) is 8.21. The molecular formula is C22H25NO6. The summed E-state index contributed by atoms with van der Waals surface area (Å²) in [6.45, 7) is 3.61. The van der Waals surface area contributed by atoms with Gasteiger partial charge in [-0.05, 0) is 43.7 Å². The van der Waals surface area contributed by atoms with Gasteiger partial charge in [0.15, 0.2) is 5.92 Å². The minimum Gasteiger partial charge on any atom is -0.465 e. The summed E-state index contributed by atoms with van der Waals surface area (Å²) in [6.07, 6.45) is 0. The maximum absolute atomic E-state index is 12.6. The van der Waals surface area contributed by atoms with E-state index in [9.17, 15) is 14.4 Å². The van der Waals surface area contributed by atoms with Crippen molar-refractivity contribution in [2.24, 2.45) is 5.92 Å². The zero-order chi connectivity index (χ0) is 21.2. The van der Waals surface area contributed by atoms with E-state index in [0.29, 0.717) is 16.8 Å². The first-order valence-electron chi connectivity index (χ1n) is 9.34. The minimum atomic E-state index is -1.22. The van der Waals surface area contributed by atoms with Gasteiger partial charge in [-0.1, -0.05) is 30.3 Å². The number of esters is 3. The van der Waals surface area contributed by atoms with Crippen molar-refractivity contribution >= 4 is 23.6 Å².